The van der Waals surface area contributed by atoms with E-state index in [1.54, 1.807) is 12.1 Å². The second-order valence-corrected chi connectivity index (χ2v) is 10.5. The lowest BCUT2D eigenvalue weighted by molar-refractivity contribution is 0.102. The molecule has 4 rings (SSSR count). The fourth-order valence-corrected chi connectivity index (χ4v) is 6.31. The third-order valence-corrected chi connectivity index (χ3v) is 7.90. The Kier molecular flexibility index (Phi) is 5.41. The van der Waals surface area contributed by atoms with Crippen LogP contribution in [0.1, 0.15) is 34.2 Å². The first-order valence-electron chi connectivity index (χ1n) is 9.38. The summed E-state index contributed by atoms with van der Waals surface area (Å²) in [7, 11) is -3.01. The molecule has 0 bridgehead atoms. The van der Waals surface area contributed by atoms with E-state index in [1.807, 2.05) is 24.5 Å². The molecule has 9 nitrogen and oxygen atoms in total. The zero-order chi connectivity index (χ0) is 21.5. The van der Waals surface area contributed by atoms with Crippen molar-refractivity contribution in [2.24, 2.45) is 0 Å². The van der Waals surface area contributed by atoms with Crippen molar-refractivity contribution in [3.63, 3.8) is 0 Å². The summed E-state index contributed by atoms with van der Waals surface area (Å²) >= 11 is 1.22. The van der Waals surface area contributed by atoms with E-state index in [-0.39, 0.29) is 34.8 Å². The molecule has 0 amide bonds. The number of aromatic nitrogens is 5. The van der Waals surface area contributed by atoms with Crippen molar-refractivity contribution in [1.29, 1.82) is 0 Å². The molecule has 0 saturated carbocycles. The van der Waals surface area contributed by atoms with Gasteiger partial charge in [-0.2, -0.15) is 4.68 Å². The maximum Gasteiger partial charge on any atom is 0.214 e. The minimum Gasteiger partial charge on any atom is -0.508 e. The first-order chi connectivity index (χ1) is 14.2. The topological polar surface area (TPSA) is 120 Å². The van der Waals surface area contributed by atoms with Crippen LogP contribution in [-0.4, -0.2) is 61.3 Å². The minimum atomic E-state index is -3.01. The molecule has 1 aromatic carbocycles. The van der Waals surface area contributed by atoms with Gasteiger partial charge in [-0.25, -0.2) is 8.42 Å². The predicted molar refractivity (Wildman–Crippen MR) is 112 cm³/mol. The maximum absolute atomic E-state index is 12.9. The number of aromatic hydroxyl groups is 1. The Bertz CT molecular complexity index is 1200. The third kappa shape index (κ3) is 3.99. The summed E-state index contributed by atoms with van der Waals surface area (Å²) in [4.78, 5) is 12.9. The van der Waals surface area contributed by atoms with Crippen LogP contribution in [0.4, 0.5) is 0 Å². The number of tetrazole rings is 1. The fraction of sp³-hybridized carbons (Fsp3) is 0.368. The van der Waals surface area contributed by atoms with Gasteiger partial charge in [-0.1, -0.05) is 11.8 Å². The minimum absolute atomic E-state index is 0.0690. The number of hydrogen-bond donors (Lipinski definition) is 1. The van der Waals surface area contributed by atoms with Gasteiger partial charge in [0.2, 0.25) is 5.16 Å². The van der Waals surface area contributed by atoms with Gasteiger partial charge in [-0.05, 0) is 61.0 Å². The average molecular weight is 448 g/mol. The Labute approximate surface area is 178 Å². The molecule has 0 radical (unpaired) electrons. The number of benzene rings is 1. The Morgan fingerprint density at radius 1 is 1.27 bits per heavy atom. The van der Waals surface area contributed by atoms with E-state index in [0.717, 1.165) is 11.4 Å². The Morgan fingerprint density at radius 3 is 2.67 bits per heavy atom. The first kappa shape index (κ1) is 20.6. The zero-order valence-electron chi connectivity index (χ0n) is 16.5. The van der Waals surface area contributed by atoms with Gasteiger partial charge in [-0.15, -0.1) is 5.10 Å². The molecule has 0 aliphatic carbocycles. The normalized spacial score (nSPS) is 18.0. The van der Waals surface area contributed by atoms with Gasteiger partial charge >= 0.3 is 0 Å². The molecular weight excluding hydrogens is 426 g/mol. The van der Waals surface area contributed by atoms with Crippen molar-refractivity contribution >= 4 is 27.4 Å². The Morgan fingerprint density at radius 2 is 2.00 bits per heavy atom. The number of aryl methyl sites for hydroxylation is 1. The second-order valence-electron chi connectivity index (χ2n) is 7.31. The highest BCUT2D eigenvalue weighted by Gasteiger charge is 2.31. The Hall–Kier alpha value is -2.66. The summed E-state index contributed by atoms with van der Waals surface area (Å²) in [5.41, 5.74) is 2.94. The summed E-state index contributed by atoms with van der Waals surface area (Å²) in [6.07, 6.45) is 0.572. The van der Waals surface area contributed by atoms with Gasteiger partial charge in [0.15, 0.2) is 15.6 Å². The predicted octanol–water partition coefficient (Wildman–Crippen LogP) is 2.12. The number of carbonyl (C=O) groups is 1. The van der Waals surface area contributed by atoms with Crippen LogP contribution in [-0.2, 0) is 9.84 Å². The van der Waals surface area contributed by atoms with Crippen molar-refractivity contribution in [1.82, 2.24) is 24.8 Å². The number of phenols is 1. The molecule has 2 aromatic heterocycles. The van der Waals surface area contributed by atoms with E-state index < -0.39 is 9.84 Å². The van der Waals surface area contributed by atoms with Crippen molar-refractivity contribution in [2.75, 3.05) is 17.3 Å². The number of carbonyl (C=O) groups excluding carboxylic acids is 1. The molecule has 1 fully saturated rings. The van der Waals surface area contributed by atoms with Crippen LogP contribution in [0.25, 0.3) is 5.69 Å². The molecule has 30 heavy (non-hydrogen) atoms. The highest BCUT2D eigenvalue weighted by molar-refractivity contribution is 7.99. The second kappa shape index (κ2) is 7.88. The summed E-state index contributed by atoms with van der Waals surface area (Å²) in [5.74, 6) is 0.522. The first-order valence-corrected chi connectivity index (χ1v) is 12.2. The van der Waals surface area contributed by atoms with Crippen LogP contribution in [0.2, 0.25) is 0 Å². The van der Waals surface area contributed by atoms with Crippen LogP contribution >= 0.6 is 11.8 Å². The number of nitrogens with zero attached hydrogens (tertiary/aromatic N) is 5. The van der Waals surface area contributed by atoms with Gasteiger partial charge in [0, 0.05) is 23.0 Å². The molecule has 3 aromatic rings. The smallest absolute Gasteiger partial charge is 0.214 e. The van der Waals surface area contributed by atoms with Crippen LogP contribution in [0, 0.1) is 13.8 Å². The molecule has 1 aliphatic rings. The number of phenolic OH excluding ortho intramolecular Hbond substituents is 1. The number of sulfone groups is 1. The van der Waals surface area contributed by atoms with E-state index in [9.17, 15) is 18.3 Å². The lowest BCUT2D eigenvalue weighted by Gasteiger charge is -2.16. The molecule has 0 unspecified atom stereocenters. The highest BCUT2D eigenvalue weighted by atomic mass is 32.2. The quantitative estimate of drug-likeness (QED) is 0.451. The third-order valence-electron chi connectivity index (χ3n) is 5.23. The van der Waals surface area contributed by atoms with E-state index >= 15 is 0 Å². The Balaban J connectivity index is 1.50. The van der Waals surface area contributed by atoms with Crippen LogP contribution in [0.15, 0.2) is 35.5 Å². The average Bonchev–Trinajstić information content (AvgIpc) is 3.38. The van der Waals surface area contributed by atoms with E-state index in [0.29, 0.717) is 22.8 Å². The molecule has 1 N–H and O–H groups in total. The molecule has 1 atom stereocenters. The van der Waals surface area contributed by atoms with Crippen molar-refractivity contribution in [2.45, 2.75) is 31.5 Å². The molecule has 158 valence electrons. The number of rotatable bonds is 6. The van der Waals surface area contributed by atoms with Gasteiger partial charge in [0.25, 0.3) is 0 Å². The van der Waals surface area contributed by atoms with Crippen LogP contribution in [0.5, 0.6) is 5.75 Å². The molecule has 0 spiro atoms. The summed E-state index contributed by atoms with van der Waals surface area (Å²) in [6.45, 7) is 3.75. The fourth-order valence-electron chi connectivity index (χ4n) is 3.83. The zero-order valence-corrected chi connectivity index (χ0v) is 18.2. The number of hydrogen-bond acceptors (Lipinski definition) is 8. The molecule has 1 saturated heterocycles. The van der Waals surface area contributed by atoms with E-state index in [4.69, 9.17) is 0 Å². The molecule has 1 aliphatic heterocycles. The lowest BCUT2D eigenvalue weighted by atomic mass is 10.2. The van der Waals surface area contributed by atoms with Gasteiger partial charge < -0.3 is 9.67 Å². The van der Waals surface area contributed by atoms with Crippen molar-refractivity contribution in [3.8, 4) is 11.4 Å². The van der Waals surface area contributed by atoms with Gasteiger partial charge in [0.1, 0.15) is 5.75 Å². The maximum atomic E-state index is 12.9. The number of thioether (sulfide) groups is 1. The van der Waals surface area contributed by atoms with Crippen molar-refractivity contribution < 1.29 is 18.3 Å². The highest BCUT2D eigenvalue weighted by Crippen LogP contribution is 2.30. The van der Waals surface area contributed by atoms with Crippen molar-refractivity contribution in [3.05, 3.63) is 47.3 Å². The SMILES string of the molecule is Cc1cc(C(=O)CSc2nnnn2-c2ccc(O)cc2)c(C)n1[C@H]1CCS(=O)(=O)C1. The molecule has 11 heteroatoms. The molecule has 3 heterocycles. The monoisotopic (exact) mass is 447 g/mol. The van der Waals surface area contributed by atoms with Crippen LogP contribution in [0.3, 0.4) is 0 Å². The van der Waals surface area contributed by atoms with E-state index in [2.05, 4.69) is 15.5 Å². The number of ketones is 1. The molecular formula is C19H21N5O4S2. The number of Topliss-reactive ketones (excluding diaryl/α,β-unsaturated/α-hetero) is 1. The van der Waals surface area contributed by atoms with Gasteiger partial charge in [0.05, 0.1) is 22.9 Å². The van der Waals surface area contributed by atoms with E-state index in [1.165, 1.54) is 28.6 Å². The summed E-state index contributed by atoms with van der Waals surface area (Å²) in [6, 6.07) is 8.14. The summed E-state index contributed by atoms with van der Waals surface area (Å²) in [5, 5.41) is 21.5. The summed E-state index contributed by atoms with van der Waals surface area (Å²) < 4.78 is 27.2. The van der Waals surface area contributed by atoms with Crippen LogP contribution < -0.4 is 0 Å². The lowest BCUT2D eigenvalue weighted by Crippen LogP contribution is -2.14. The largest absolute Gasteiger partial charge is 0.508 e. The van der Waals surface area contributed by atoms with Gasteiger partial charge in [-0.3, -0.25) is 4.79 Å². The standard InChI is InChI=1S/C19H21N5O4S2/c1-12-9-17(13(2)23(12)15-7-8-30(27,28)11-15)18(26)10-29-19-20-21-22-24(19)14-3-5-16(25)6-4-14/h3-6,9,15,25H,7-8,10-11H2,1-2H3/t15-/m0/s1.